The first-order valence-corrected chi connectivity index (χ1v) is 5.47. The molecule has 0 aromatic heterocycles. The maximum Gasteiger partial charge on any atom is 0.0433 e. The van der Waals surface area contributed by atoms with Crippen LogP contribution in [0.4, 0.5) is 0 Å². The smallest absolute Gasteiger partial charge is 0.0433 e. The molecule has 0 aliphatic heterocycles. The van der Waals surface area contributed by atoms with E-state index in [1.54, 1.807) is 0 Å². The van der Waals surface area contributed by atoms with E-state index >= 15 is 0 Å². The van der Waals surface area contributed by atoms with Gasteiger partial charge in [0.25, 0.3) is 0 Å². The Kier molecular flexibility index (Phi) is 4.67. The van der Waals surface area contributed by atoms with Crippen molar-refractivity contribution in [2.45, 2.75) is 51.9 Å². The summed E-state index contributed by atoms with van der Waals surface area (Å²) in [7, 11) is 0. The van der Waals surface area contributed by atoms with Gasteiger partial charge < -0.3 is 5.11 Å². The van der Waals surface area contributed by atoms with Crippen LogP contribution in [-0.2, 0) is 0 Å². The van der Waals surface area contributed by atoms with Crippen LogP contribution in [0.2, 0.25) is 0 Å². The molecule has 0 spiro atoms. The van der Waals surface area contributed by atoms with Crippen LogP contribution in [-0.4, -0.2) is 11.7 Å². The summed E-state index contributed by atoms with van der Waals surface area (Å²) >= 11 is 0. The summed E-state index contributed by atoms with van der Waals surface area (Å²) in [5, 5.41) is 8.83. The number of hydrogen-bond acceptors (Lipinski definition) is 1. The Bertz CT molecular complexity index is 95.6. The third kappa shape index (κ3) is 3.14. The van der Waals surface area contributed by atoms with Crippen molar-refractivity contribution in [3.63, 3.8) is 0 Å². The molecule has 0 radical (unpaired) electrons. The van der Waals surface area contributed by atoms with Gasteiger partial charge in [-0.25, -0.2) is 0 Å². The Hall–Kier alpha value is -0.0400. The van der Waals surface area contributed by atoms with E-state index < -0.39 is 0 Å². The highest BCUT2D eigenvalue weighted by molar-refractivity contribution is 4.72. The summed E-state index contributed by atoms with van der Waals surface area (Å²) in [6.07, 6.45) is 9.36. The molecule has 1 aliphatic carbocycles. The largest absolute Gasteiger partial charge is 0.396 e. The zero-order valence-electron chi connectivity index (χ0n) is 8.26. The van der Waals surface area contributed by atoms with Crippen molar-refractivity contribution >= 4 is 0 Å². The van der Waals surface area contributed by atoms with Crippen molar-refractivity contribution < 1.29 is 5.11 Å². The van der Waals surface area contributed by atoms with Gasteiger partial charge in [0.05, 0.1) is 0 Å². The van der Waals surface area contributed by atoms with E-state index in [-0.39, 0.29) is 0 Å². The molecule has 1 aliphatic rings. The van der Waals surface area contributed by atoms with Crippen molar-refractivity contribution in [1.82, 2.24) is 0 Å². The monoisotopic (exact) mass is 170 g/mol. The van der Waals surface area contributed by atoms with Gasteiger partial charge in [0.15, 0.2) is 0 Å². The number of aliphatic hydroxyl groups excluding tert-OH is 1. The van der Waals surface area contributed by atoms with Crippen molar-refractivity contribution in [3.05, 3.63) is 0 Å². The van der Waals surface area contributed by atoms with Gasteiger partial charge in [-0.15, -0.1) is 0 Å². The second kappa shape index (κ2) is 5.58. The Labute approximate surface area is 76.2 Å². The molecule has 1 nitrogen and oxygen atoms in total. The van der Waals surface area contributed by atoms with Crippen molar-refractivity contribution in [1.29, 1.82) is 0 Å². The van der Waals surface area contributed by atoms with Crippen molar-refractivity contribution in [2.75, 3.05) is 6.61 Å². The van der Waals surface area contributed by atoms with Crippen LogP contribution in [0.3, 0.4) is 0 Å². The molecular weight excluding hydrogens is 148 g/mol. The van der Waals surface area contributed by atoms with E-state index in [1.165, 1.54) is 38.5 Å². The van der Waals surface area contributed by atoms with Crippen LogP contribution in [0.15, 0.2) is 0 Å². The summed E-state index contributed by atoms with van der Waals surface area (Å²) in [6.45, 7) is 2.67. The van der Waals surface area contributed by atoms with Gasteiger partial charge in [-0.1, -0.05) is 39.0 Å². The topological polar surface area (TPSA) is 20.2 Å². The Morgan fingerprint density at radius 2 is 1.83 bits per heavy atom. The first kappa shape index (κ1) is 10.0. The fraction of sp³-hybridized carbons (Fsp3) is 1.00. The first-order chi connectivity index (χ1) is 5.86. The van der Waals surface area contributed by atoms with E-state index in [1.807, 2.05) is 0 Å². The van der Waals surface area contributed by atoms with Crippen LogP contribution >= 0.6 is 0 Å². The summed E-state index contributed by atoms with van der Waals surface area (Å²) in [5.41, 5.74) is 0. The van der Waals surface area contributed by atoms with Gasteiger partial charge >= 0.3 is 0 Å². The highest BCUT2D eigenvalue weighted by atomic mass is 16.3. The minimum absolute atomic E-state index is 0.392. The average molecular weight is 170 g/mol. The third-order valence-corrected chi connectivity index (χ3v) is 3.13. The predicted molar refractivity (Wildman–Crippen MR) is 52.1 cm³/mol. The first-order valence-electron chi connectivity index (χ1n) is 5.47. The molecule has 1 heteroatoms. The summed E-state index contributed by atoms with van der Waals surface area (Å²) in [5.74, 6) is 1.81. The normalized spacial score (nSPS) is 30.5. The minimum atomic E-state index is 0.392. The average Bonchev–Trinajstić information content (AvgIpc) is 2.06. The van der Waals surface area contributed by atoms with Gasteiger partial charge in [0.1, 0.15) is 0 Å². The van der Waals surface area contributed by atoms with E-state index in [4.69, 9.17) is 5.11 Å². The molecule has 1 fully saturated rings. The zero-order chi connectivity index (χ0) is 8.81. The lowest BCUT2D eigenvalue weighted by Gasteiger charge is -2.28. The van der Waals surface area contributed by atoms with Crippen molar-refractivity contribution in [3.8, 4) is 0 Å². The fourth-order valence-corrected chi connectivity index (χ4v) is 2.52. The molecule has 72 valence electrons. The van der Waals surface area contributed by atoms with Crippen LogP contribution in [0.1, 0.15) is 51.9 Å². The second-order valence-corrected chi connectivity index (χ2v) is 4.20. The lowest BCUT2D eigenvalue weighted by molar-refractivity contribution is 0.194. The van der Waals surface area contributed by atoms with Crippen LogP contribution < -0.4 is 0 Å². The Balaban J connectivity index is 2.20. The zero-order valence-corrected chi connectivity index (χ0v) is 8.26. The van der Waals surface area contributed by atoms with E-state index in [0.29, 0.717) is 6.61 Å². The molecule has 2 unspecified atom stereocenters. The SMILES string of the molecule is CCCC1CCCC(CCO)C1. The molecule has 1 saturated carbocycles. The highest BCUT2D eigenvalue weighted by Crippen LogP contribution is 2.33. The molecule has 1 rings (SSSR count). The van der Waals surface area contributed by atoms with E-state index in [9.17, 15) is 0 Å². The number of aliphatic hydroxyl groups is 1. The molecular formula is C11H22O. The van der Waals surface area contributed by atoms with E-state index in [2.05, 4.69) is 6.92 Å². The Morgan fingerprint density at radius 3 is 2.42 bits per heavy atom. The predicted octanol–water partition coefficient (Wildman–Crippen LogP) is 2.98. The molecule has 0 amide bonds. The van der Waals surface area contributed by atoms with Gasteiger partial charge in [-0.05, 0) is 24.7 Å². The van der Waals surface area contributed by atoms with Crippen LogP contribution in [0.25, 0.3) is 0 Å². The molecule has 2 atom stereocenters. The van der Waals surface area contributed by atoms with Gasteiger partial charge in [0, 0.05) is 6.61 Å². The fourth-order valence-electron chi connectivity index (χ4n) is 2.52. The second-order valence-electron chi connectivity index (χ2n) is 4.20. The van der Waals surface area contributed by atoms with Crippen LogP contribution in [0, 0.1) is 11.8 Å². The molecule has 0 heterocycles. The molecule has 1 N–H and O–H groups in total. The molecule has 0 bridgehead atoms. The van der Waals surface area contributed by atoms with Gasteiger partial charge in [-0.2, -0.15) is 0 Å². The highest BCUT2D eigenvalue weighted by Gasteiger charge is 2.20. The lowest BCUT2D eigenvalue weighted by Crippen LogP contribution is -2.16. The summed E-state index contributed by atoms with van der Waals surface area (Å²) in [6, 6.07) is 0. The lowest BCUT2D eigenvalue weighted by atomic mass is 9.78. The maximum atomic E-state index is 8.83. The minimum Gasteiger partial charge on any atom is -0.396 e. The Morgan fingerprint density at radius 1 is 1.17 bits per heavy atom. The van der Waals surface area contributed by atoms with Crippen LogP contribution in [0.5, 0.6) is 0 Å². The molecule has 0 saturated heterocycles. The number of hydrogen-bond donors (Lipinski definition) is 1. The van der Waals surface area contributed by atoms with Gasteiger partial charge in [-0.3, -0.25) is 0 Å². The quantitative estimate of drug-likeness (QED) is 0.687. The van der Waals surface area contributed by atoms with Gasteiger partial charge in [0.2, 0.25) is 0 Å². The molecule has 0 aromatic rings. The van der Waals surface area contributed by atoms with E-state index in [0.717, 1.165) is 18.3 Å². The molecule has 0 aromatic carbocycles. The van der Waals surface area contributed by atoms with Crippen molar-refractivity contribution in [2.24, 2.45) is 11.8 Å². The summed E-state index contributed by atoms with van der Waals surface area (Å²) in [4.78, 5) is 0. The molecule has 12 heavy (non-hydrogen) atoms. The maximum absolute atomic E-state index is 8.83. The third-order valence-electron chi connectivity index (χ3n) is 3.13. The number of rotatable bonds is 4. The standard InChI is InChI=1S/C11H22O/c1-2-4-10-5-3-6-11(9-10)7-8-12/h10-12H,2-9H2,1H3. The summed E-state index contributed by atoms with van der Waals surface area (Å²) < 4.78 is 0.